The standard InChI is InChI=1S/C11H13FN2O4/c1-2-14(9-5-3-4-8(12)6-9)11(17)13-18-7-10(15)16/h3-6H,2,7H2,1H3,(H,13,17)(H,15,16). The first-order valence-electron chi connectivity index (χ1n) is 5.21. The van der Waals surface area contributed by atoms with E-state index in [1.165, 1.54) is 23.1 Å². The number of nitrogens with zero attached hydrogens (tertiary/aromatic N) is 1. The highest BCUT2D eigenvalue weighted by Gasteiger charge is 2.14. The van der Waals surface area contributed by atoms with Crippen LogP contribution in [0.4, 0.5) is 14.9 Å². The predicted molar refractivity (Wildman–Crippen MR) is 61.5 cm³/mol. The zero-order valence-corrected chi connectivity index (χ0v) is 9.72. The molecule has 98 valence electrons. The van der Waals surface area contributed by atoms with Crippen LogP contribution >= 0.6 is 0 Å². The maximum absolute atomic E-state index is 13.0. The molecule has 18 heavy (non-hydrogen) atoms. The summed E-state index contributed by atoms with van der Waals surface area (Å²) in [6.07, 6.45) is 0. The summed E-state index contributed by atoms with van der Waals surface area (Å²) in [5, 5.41) is 8.34. The largest absolute Gasteiger partial charge is 0.479 e. The van der Waals surface area contributed by atoms with Crippen LogP contribution in [0, 0.1) is 5.82 Å². The molecule has 0 saturated heterocycles. The number of carbonyl (C=O) groups excluding carboxylic acids is 1. The Labute approximate surface area is 103 Å². The van der Waals surface area contributed by atoms with Gasteiger partial charge in [-0.05, 0) is 25.1 Å². The Balaban J connectivity index is 2.65. The Hall–Kier alpha value is -2.15. The van der Waals surface area contributed by atoms with Gasteiger partial charge in [0.15, 0.2) is 6.61 Å². The highest BCUT2D eigenvalue weighted by Crippen LogP contribution is 2.15. The first kappa shape index (κ1) is 13.9. The first-order valence-corrected chi connectivity index (χ1v) is 5.21. The Morgan fingerprint density at radius 3 is 2.78 bits per heavy atom. The van der Waals surface area contributed by atoms with Crippen LogP contribution in [-0.2, 0) is 9.63 Å². The van der Waals surface area contributed by atoms with Crippen LogP contribution in [0.2, 0.25) is 0 Å². The number of benzene rings is 1. The van der Waals surface area contributed by atoms with E-state index in [-0.39, 0.29) is 6.54 Å². The zero-order valence-electron chi connectivity index (χ0n) is 9.72. The Bertz CT molecular complexity index is 439. The van der Waals surface area contributed by atoms with Gasteiger partial charge in [0.1, 0.15) is 5.82 Å². The van der Waals surface area contributed by atoms with E-state index < -0.39 is 24.4 Å². The molecule has 0 aliphatic rings. The lowest BCUT2D eigenvalue weighted by molar-refractivity contribution is -0.143. The second kappa shape index (κ2) is 6.55. The molecule has 0 aromatic heterocycles. The van der Waals surface area contributed by atoms with Gasteiger partial charge in [0.2, 0.25) is 0 Å². The number of hydroxylamine groups is 1. The molecule has 0 spiro atoms. The number of carboxylic acid groups (broad SMARTS) is 1. The number of rotatable bonds is 5. The van der Waals surface area contributed by atoms with E-state index in [1.807, 2.05) is 5.48 Å². The van der Waals surface area contributed by atoms with Crippen molar-refractivity contribution in [1.29, 1.82) is 0 Å². The van der Waals surface area contributed by atoms with E-state index >= 15 is 0 Å². The van der Waals surface area contributed by atoms with Gasteiger partial charge < -0.3 is 5.11 Å². The van der Waals surface area contributed by atoms with Gasteiger partial charge in [-0.3, -0.25) is 9.74 Å². The SMILES string of the molecule is CCN(C(=O)NOCC(=O)O)c1cccc(F)c1. The molecule has 7 heteroatoms. The minimum absolute atomic E-state index is 0.283. The van der Waals surface area contributed by atoms with Crippen LogP contribution < -0.4 is 10.4 Å². The van der Waals surface area contributed by atoms with Gasteiger partial charge in [0.25, 0.3) is 0 Å². The van der Waals surface area contributed by atoms with Crippen molar-refractivity contribution in [3.05, 3.63) is 30.1 Å². The van der Waals surface area contributed by atoms with E-state index in [4.69, 9.17) is 5.11 Å². The van der Waals surface area contributed by atoms with E-state index in [2.05, 4.69) is 4.84 Å². The van der Waals surface area contributed by atoms with E-state index in [1.54, 1.807) is 13.0 Å². The summed E-state index contributed by atoms with van der Waals surface area (Å²) in [5.41, 5.74) is 2.32. The number of aliphatic carboxylic acids is 1. The number of hydrogen-bond acceptors (Lipinski definition) is 3. The van der Waals surface area contributed by atoms with Crippen LogP contribution in [0.3, 0.4) is 0 Å². The molecule has 0 bridgehead atoms. The number of urea groups is 1. The first-order chi connectivity index (χ1) is 8.54. The maximum Gasteiger partial charge on any atom is 0.345 e. The second-order valence-electron chi connectivity index (χ2n) is 3.31. The molecule has 1 rings (SSSR count). The fraction of sp³-hybridized carbons (Fsp3) is 0.273. The molecule has 6 nitrogen and oxygen atoms in total. The number of anilines is 1. The molecule has 0 unspecified atom stereocenters. The number of halogens is 1. The Morgan fingerprint density at radius 1 is 1.50 bits per heavy atom. The molecular formula is C11H13FN2O4. The molecule has 0 radical (unpaired) electrons. The molecule has 0 heterocycles. The van der Waals surface area contributed by atoms with E-state index in [0.717, 1.165) is 0 Å². The summed E-state index contributed by atoms with van der Waals surface area (Å²) in [6, 6.07) is 4.82. The van der Waals surface area contributed by atoms with Crippen molar-refractivity contribution in [1.82, 2.24) is 5.48 Å². The lowest BCUT2D eigenvalue weighted by Gasteiger charge is -2.20. The van der Waals surface area contributed by atoms with Crippen molar-refractivity contribution in [3.8, 4) is 0 Å². The fourth-order valence-corrected chi connectivity index (χ4v) is 1.30. The van der Waals surface area contributed by atoms with Gasteiger partial charge in [-0.15, -0.1) is 0 Å². The molecule has 2 amide bonds. The smallest absolute Gasteiger partial charge is 0.345 e. The quantitative estimate of drug-likeness (QED) is 0.780. The topological polar surface area (TPSA) is 78.9 Å². The highest BCUT2D eigenvalue weighted by molar-refractivity contribution is 5.91. The summed E-state index contributed by atoms with van der Waals surface area (Å²) in [6.45, 7) is 1.33. The second-order valence-corrected chi connectivity index (χ2v) is 3.31. The van der Waals surface area contributed by atoms with Crippen molar-refractivity contribution in [2.45, 2.75) is 6.92 Å². The fourth-order valence-electron chi connectivity index (χ4n) is 1.30. The maximum atomic E-state index is 13.0. The van der Waals surface area contributed by atoms with Gasteiger partial charge >= 0.3 is 12.0 Å². The van der Waals surface area contributed by atoms with Gasteiger partial charge in [0, 0.05) is 12.2 Å². The van der Waals surface area contributed by atoms with Crippen molar-refractivity contribution in [2.75, 3.05) is 18.1 Å². The summed E-state index contributed by atoms with van der Waals surface area (Å²) in [5.74, 6) is -1.67. The third-order valence-electron chi connectivity index (χ3n) is 2.04. The summed E-state index contributed by atoms with van der Waals surface area (Å²) >= 11 is 0. The number of carboxylic acids is 1. The molecule has 0 aliphatic carbocycles. The lowest BCUT2D eigenvalue weighted by Crippen LogP contribution is -2.40. The van der Waals surface area contributed by atoms with Crippen LogP contribution in [0.5, 0.6) is 0 Å². The van der Waals surface area contributed by atoms with Gasteiger partial charge in [-0.25, -0.2) is 19.5 Å². The number of hydrogen-bond donors (Lipinski definition) is 2. The molecule has 0 aliphatic heterocycles. The third kappa shape index (κ3) is 4.02. The average Bonchev–Trinajstić information content (AvgIpc) is 2.29. The predicted octanol–water partition coefficient (Wildman–Crippen LogP) is 1.38. The zero-order chi connectivity index (χ0) is 13.5. The molecular weight excluding hydrogens is 243 g/mol. The van der Waals surface area contributed by atoms with Crippen molar-refractivity contribution >= 4 is 17.7 Å². The number of amides is 2. The van der Waals surface area contributed by atoms with E-state index in [9.17, 15) is 14.0 Å². The molecule has 0 fully saturated rings. The van der Waals surface area contributed by atoms with Gasteiger partial charge in [-0.1, -0.05) is 6.07 Å². The van der Waals surface area contributed by atoms with Crippen molar-refractivity contribution in [3.63, 3.8) is 0 Å². The number of nitrogens with one attached hydrogen (secondary N) is 1. The lowest BCUT2D eigenvalue weighted by atomic mass is 10.3. The average molecular weight is 256 g/mol. The molecule has 2 N–H and O–H groups in total. The van der Waals surface area contributed by atoms with Crippen LogP contribution in [0.15, 0.2) is 24.3 Å². The van der Waals surface area contributed by atoms with Crippen LogP contribution in [0.1, 0.15) is 6.92 Å². The van der Waals surface area contributed by atoms with Gasteiger partial charge in [0.05, 0.1) is 0 Å². The molecule has 1 aromatic carbocycles. The van der Waals surface area contributed by atoms with Crippen molar-refractivity contribution < 1.29 is 23.9 Å². The molecule has 1 aromatic rings. The molecule has 0 atom stereocenters. The minimum atomic E-state index is -1.20. The van der Waals surface area contributed by atoms with Crippen molar-refractivity contribution in [2.24, 2.45) is 0 Å². The minimum Gasteiger partial charge on any atom is -0.479 e. The number of carbonyl (C=O) groups is 2. The van der Waals surface area contributed by atoms with E-state index in [0.29, 0.717) is 5.69 Å². The van der Waals surface area contributed by atoms with Crippen LogP contribution in [-0.4, -0.2) is 30.3 Å². The highest BCUT2D eigenvalue weighted by atomic mass is 19.1. The third-order valence-corrected chi connectivity index (χ3v) is 2.04. The summed E-state index contributed by atoms with van der Waals surface area (Å²) < 4.78 is 13.0. The van der Waals surface area contributed by atoms with Gasteiger partial charge in [-0.2, -0.15) is 0 Å². The Morgan fingerprint density at radius 2 is 2.22 bits per heavy atom. The normalized spacial score (nSPS) is 9.89. The monoisotopic (exact) mass is 256 g/mol. The summed E-state index contributed by atoms with van der Waals surface area (Å²) in [7, 11) is 0. The van der Waals surface area contributed by atoms with Crippen LogP contribution in [0.25, 0.3) is 0 Å². The summed E-state index contributed by atoms with van der Waals surface area (Å²) in [4.78, 5) is 27.5. The molecule has 0 saturated carbocycles. The Kier molecular flexibility index (Phi) is 5.06.